The molecule has 4 N–H and O–H groups in total. The smallest absolute Gasteiger partial charge is 0.339 e. The first-order chi connectivity index (χ1) is 9.97. The molecule has 0 unspecified atom stereocenters. The Morgan fingerprint density at radius 3 is 2.67 bits per heavy atom. The fourth-order valence-corrected chi connectivity index (χ4v) is 2.60. The predicted octanol–water partition coefficient (Wildman–Crippen LogP) is 1.40. The van der Waals surface area contributed by atoms with Crippen molar-refractivity contribution < 1.29 is 14.7 Å². The van der Waals surface area contributed by atoms with Gasteiger partial charge in [-0.15, -0.1) is 0 Å². The van der Waals surface area contributed by atoms with Gasteiger partial charge < -0.3 is 16.2 Å². The lowest BCUT2D eigenvalue weighted by Crippen LogP contribution is -2.43. The average molecular weight is 312 g/mol. The molecule has 1 aliphatic heterocycles. The summed E-state index contributed by atoms with van der Waals surface area (Å²) in [5, 5.41) is 11.9. The molecule has 6 nitrogen and oxygen atoms in total. The number of nitrogens with one attached hydrogen (secondary N) is 1. The van der Waals surface area contributed by atoms with Crippen LogP contribution in [0.25, 0.3) is 0 Å². The topological polar surface area (TPSA) is 95.7 Å². The van der Waals surface area contributed by atoms with Gasteiger partial charge in [0.25, 0.3) is 0 Å². The fourth-order valence-electron chi connectivity index (χ4n) is 2.35. The molecule has 0 atom stereocenters. The van der Waals surface area contributed by atoms with Crippen LogP contribution < -0.4 is 11.1 Å². The van der Waals surface area contributed by atoms with Crippen molar-refractivity contribution >= 4 is 29.2 Å². The van der Waals surface area contributed by atoms with Crippen LogP contribution in [0.2, 0.25) is 5.02 Å². The molecule has 0 spiro atoms. The summed E-state index contributed by atoms with van der Waals surface area (Å²) in [5.74, 6) is -1.42. The molecular formula is C14H18ClN3O3. The number of carboxylic acid groups (broad SMARTS) is 1. The van der Waals surface area contributed by atoms with Crippen LogP contribution in [0.1, 0.15) is 23.2 Å². The third-order valence-electron chi connectivity index (χ3n) is 3.50. The zero-order valence-electron chi connectivity index (χ0n) is 11.5. The highest BCUT2D eigenvalue weighted by Crippen LogP contribution is 2.24. The number of nitrogens with zero attached hydrogens (tertiary/aromatic N) is 1. The number of benzene rings is 1. The van der Waals surface area contributed by atoms with Crippen molar-refractivity contribution in [1.29, 1.82) is 0 Å². The number of aromatic carboxylic acids is 1. The van der Waals surface area contributed by atoms with Gasteiger partial charge in [0.1, 0.15) is 5.56 Å². The van der Waals surface area contributed by atoms with E-state index in [-0.39, 0.29) is 34.8 Å². The van der Waals surface area contributed by atoms with Crippen LogP contribution in [0.15, 0.2) is 18.2 Å². The molecule has 0 aromatic heterocycles. The summed E-state index contributed by atoms with van der Waals surface area (Å²) in [4.78, 5) is 25.2. The van der Waals surface area contributed by atoms with Crippen LogP contribution in [0.5, 0.6) is 0 Å². The Morgan fingerprint density at radius 2 is 2.05 bits per heavy atom. The van der Waals surface area contributed by atoms with Gasteiger partial charge in [0, 0.05) is 19.1 Å². The fraction of sp³-hybridized carbons (Fsp3) is 0.429. The van der Waals surface area contributed by atoms with Crippen LogP contribution in [0.4, 0.5) is 5.69 Å². The maximum absolute atomic E-state index is 12.0. The van der Waals surface area contributed by atoms with E-state index in [1.54, 1.807) is 6.07 Å². The highest BCUT2D eigenvalue weighted by molar-refractivity contribution is 6.34. The van der Waals surface area contributed by atoms with Crippen molar-refractivity contribution in [3.63, 3.8) is 0 Å². The summed E-state index contributed by atoms with van der Waals surface area (Å²) in [7, 11) is 0. The number of rotatable bonds is 4. The van der Waals surface area contributed by atoms with Gasteiger partial charge in [0.15, 0.2) is 0 Å². The second-order valence-electron chi connectivity index (χ2n) is 5.13. The minimum absolute atomic E-state index is 0.0896. The number of anilines is 1. The molecule has 1 saturated heterocycles. The molecule has 2 rings (SSSR count). The standard InChI is InChI=1S/C14H18ClN3O3/c15-10-2-1-3-11(13(10)14(20)21)17-12(19)8-18-6-4-9(16)5-7-18/h1-3,9H,4-8,16H2,(H,17,19)(H,20,21). The Morgan fingerprint density at radius 1 is 1.38 bits per heavy atom. The van der Waals surface area contributed by atoms with E-state index < -0.39 is 5.97 Å². The van der Waals surface area contributed by atoms with Gasteiger partial charge in [-0.2, -0.15) is 0 Å². The molecule has 1 amide bonds. The van der Waals surface area contributed by atoms with Crippen LogP contribution >= 0.6 is 11.6 Å². The third kappa shape index (κ3) is 4.17. The molecule has 0 bridgehead atoms. The molecule has 7 heteroatoms. The Labute approximate surface area is 127 Å². The Balaban J connectivity index is 2.00. The number of piperidine rings is 1. The number of carboxylic acids is 1. The first-order valence-electron chi connectivity index (χ1n) is 6.77. The van der Waals surface area contributed by atoms with Crippen molar-refractivity contribution in [2.75, 3.05) is 25.0 Å². The summed E-state index contributed by atoms with van der Waals surface area (Å²) in [6, 6.07) is 4.81. The quantitative estimate of drug-likeness (QED) is 0.781. The minimum Gasteiger partial charge on any atom is -0.478 e. The van der Waals surface area contributed by atoms with Crippen LogP contribution in [-0.4, -0.2) is 47.6 Å². The lowest BCUT2D eigenvalue weighted by Gasteiger charge is -2.29. The monoisotopic (exact) mass is 311 g/mol. The highest BCUT2D eigenvalue weighted by atomic mass is 35.5. The van der Waals surface area contributed by atoms with E-state index >= 15 is 0 Å². The molecule has 0 aliphatic carbocycles. The molecule has 1 aliphatic rings. The van der Waals surface area contributed by atoms with Gasteiger partial charge >= 0.3 is 5.97 Å². The van der Waals surface area contributed by atoms with Gasteiger partial charge in [0.05, 0.1) is 17.3 Å². The minimum atomic E-state index is -1.17. The Kier molecular flexibility index (Phi) is 5.17. The second kappa shape index (κ2) is 6.89. The predicted molar refractivity (Wildman–Crippen MR) is 80.7 cm³/mol. The number of amides is 1. The molecular weight excluding hydrogens is 294 g/mol. The van der Waals surface area contributed by atoms with E-state index in [4.69, 9.17) is 22.4 Å². The number of hydrogen-bond donors (Lipinski definition) is 3. The van der Waals surface area contributed by atoms with Crippen molar-refractivity contribution in [3.05, 3.63) is 28.8 Å². The van der Waals surface area contributed by atoms with Crippen molar-refractivity contribution in [2.45, 2.75) is 18.9 Å². The number of likely N-dealkylation sites (tertiary alicyclic amines) is 1. The SMILES string of the molecule is NC1CCN(CC(=O)Nc2cccc(Cl)c2C(=O)O)CC1. The summed E-state index contributed by atoms with van der Waals surface area (Å²) >= 11 is 5.86. The number of carbonyl (C=O) groups excluding carboxylic acids is 1. The van der Waals surface area contributed by atoms with Crippen LogP contribution in [0.3, 0.4) is 0 Å². The van der Waals surface area contributed by atoms with E-state index in [1.807, 2.05) is 4.90 Å². The number of hydrogen-bond acceptors (Lipinski definition) is 4. The largest absolute Gasteiger partial charge is 0.478 e. The molecule has 21 heavy (non-hydrogen) atoms. The molecule has 1 aromatic carbocycles. The first kappa shape index (κ1) is 15.8. The van der Waals surface area contributed by atoms with Gasteiger partial charge in [-0.25, -0.2) is 4.79 Å². The molecule has 114 valence electrons. The van der Waals surface area contributed by atoms with E-state index in [0.717, 1.165) is 25.9 Å². The van der Waals surface area contributed by atoms with Gasteiger partial charge in [0.2, 0.25) is 5.91 Å². The first-order valence-corrected chi connectivity index (χ1v) is 7.14. The van der Waals surface area contributed by atoms with Crippen molar-refractivity contribution in [3.8, 4) is 0 Å². The number of halogens is 1. The molecule has 1 fully saturated rings. The zero-order valence-corrected chi connectivity index (χ0v) is 12.3. The van der Waals surface area contributed by atoms with E-state index in [1.165, 1.54) is 12.1 Å². The van der Waals surface area contributed by atoms with E-state index in [2.05, 4.69) is 5.32 Å². The summed E-state index contributed by atoms with van der Waals surface area (Å²) in [6.07, 6.45) is 1.73. The lowest BCUT2D eigenvalue weighted by molar-refractivity contribution is -0.117. The van der Waals surface area contributed by atoms with Crippen molar-refractivity contribution in [2.24, 2.45) is 5.73 Å². The second-order valence-corrected chi connectivity index (χ2v) is 5.54. The van der Waals surface area contributed by atoms with Gasteiger partial charge in [-0.1, -0.05) is 17.7 Å². The molecule has 0 radical (unpaired) electrons. The molecule has 1 aromatic rings. The van der Waals surface area contributed by atoms with Gasteiger partial charge in [-0.05, 0) is 25.0 Å². The van der Waals surface area contributed by atoms with Crippen molar-refractivity contribution in [1.82, 2.24) is 4.90 Å². The van der Waals surface area contributed by atoms with Gasteiger partial charge in [-0.3, -0.25) is 9.69 Å². The lowest BCUT2D eigenvalue weighted by atomic mass is 10.1. The Bertz CT molecular complexity index is 542. The summed E-state index contributed by atoms with van der Waals surface area (Å²) in [5.41, 5.74) is 5.94. The zero-order chi connectivity index (χ0) is 15.4. The van der Waals surface area contributed by atoms with Crippen LogP contribution in [0, 0.1) is 0 Å². The van der Waals surface area contributed by atoms with E-state index in [0.29, 0.717) is 0 Å². The number of carbonyl (C=O) groups is 2. The summed E-state index contributed by atoms with van der Waals surface area (Å²) in [6.45, 7) is 1.77. The van der Waals surface area contributed by atoms with Crippen LogP contribution in [-0.2, 0) is 4.79 Å². The van der Waals surface area contributed by atoms with E-state index in [9.17, 15) is 9.59 Å². The third-order valence-corrected chi connectivity index (χ3v) is 3.82. The average Bonchev–Trinajstić information content (AvgIpc) is 2.41. The molecule has 1 heterocycles. The number of nitrogens with two attached hydrogens (primary N) is 1. The summed E-state index contributed by atoms with van der Waals surface area (Å²) < 4.78 is 0. The maximum atomic E-state index is 12.0. The highest BCUT2D eigenvalue weighted by Gasteiger charge is 2.20. The Hall–Kier alpha value is -1.63. The molecule has 0 saturated carbocycles. The maximum Gasteiger partial charge on any atom is 0.339 e. The normalized spacial score (nSPS) is 16.7.